The first-order valence-electron chi connectivity index (χ1n) is 11.1. The van der Waals surface area contributed by atoms with Gasteiger partial charge in [0.2, 0.25) is 10.0 Å². The minimum absolute atomic E-state index is 0.288. The minimum Gasteiger partial charge on any atom is -0.482 e. The van der Waals surface area contributed by atoms with E-state index in [1.807, 2.05) is 0 Å². The number of nitrogens with one attached hydrogen (secondary N) is 2. The van der Waals surface area contributed by atoms with Crippen molar-refractivity contribution in [1.82, 2.24) is 14.9 Å². The number of aromatic amines is 1. The molecule has 0 unspecified atom stereocenters. The molecule has 1 aliphatic carbocycles. The Bertz CT molecular complexity index is 1470. The molecular weight excluding hydrogens is 496 g/mol. The molecule has 1 aromatic heterocycles. The van der Waals surface area contributed by atoms with E-state index in [9.17, 15) is 17.2 Å². The summed E-state index contributed by atoms with van der Waals surface area (Å²) < 4.78 is 61.1. The van der Waals surface area contributed by atoms with Gasteiger partial charge < -0.3 is 4.74 Å². The third-order valence-electron chi connectivity index (χ3n) is 5.95. The largest absolute Gasteiger partial charge is 0.482 e. The zero-order valence-corrected chi connectivity index (χ0v) is 20.2. The van der Waals surface area contributed by atoms with Crippen molar-refractivity contribution >= 4 is 32.5 Å². The molecule has 2 N–H and O–H groups in total. The van der Waals surface area contributed by atoms with Crippen LogP contribution in [0.4, 0.5) is 8.78 Å². The molecule has 0 bridgehead atoms. The lowest BCUT2D eigenvalue weighted by Crippen LogP contribution is -2.40. The van der Waals surface area contributed by atoms with Gasteiger partial charge in [0, 0.05) is 10.9 Å². The van der Waals surface area contributed by atoms with E-state index < -0.39 is 33.2 Å². The monoisotopic (exact) mass is 517 g/mol. The van der Waals surface area contributed by atoms with E-state index >= 15 is 0 Å². The van der Waals surface area contributed by atoms with Crippen LogP contribution in [0.1, 0.15) is 31.4 Å². The van der Waals surface area contributed by atoms with Crippen molar-refractivity contribution in [2.24, 2.45) is 0 Å². The van der Waals surface area contributed by atoms with Gasteiger partial charge in [-0.25, -0.2) is 21.9 Å². The van der Waals surface area contributed by atoms with Crippen LogP contribution in [-0.4, -0.2) is 29.9 Å². The lowest BCUT2D eigenvalue weighted by molar-refractivity contribution is 0.173. The molecular formula is C25H22ClF2N3O3S. The molecule has 10 heteroatoms. The van der Waals surface area contributed by atoms with Crippen LogP contribution < -0.4 is 9.46 Å². The van der Waals surface area contributed by atoms with Crippen molar-refractivity contribution in [3.63, 3.8) is 0 Å². The van der Waals surface area contributed by atoms with Crippen molar-refractivity contribution in [2.75, 3.05) is 0 Å². The summed E-state index contributed by atoms with van der Waals surface area (Å²) in [6.45, 7) is 1.70. The fourth-order valence-electron chi connectivity index (χ4n) is 3.98. The molecule has 1 heterocycles. The van der Waals surface area contributed by atoms with Crippen molar-refractivity contribution in [3.8, 4) is 17.0 Å². The number of fused-ring (bicyclic) bond motifs is 1. The molecule has 5 rings (SSSR count). The maximum atomic E-state index is 13.6. The first-order chi connectivity index (χ1) is 16.7. The van der Waals surface area contributed by atoms with Gasteiger partial charge in [-0.05, 0) is 73.9 Å². The summed E-state index contributed by atoms with van der Waals surface area (Å²) in [5, 5.41) is 7.84. The normalized spacial score (nSPS) is 15.8. The third-order valence-corrected chi connectivity index (χ3v) is 8.30. The number of ether oxygens (including phenoxy) is 1. The Balaban J connectivity index is 1.52. The Labute approximate surface area is 206 Å². The number of rotatable bonds is 8. The molecule has 2 atom stereocenters. The van der Waals surface area contributed by atoms with Crippen LogP contribution >= 0.6 is 11.6 Å². The van der Waals surface area contributed by atoms with E-state index in [2.05, 4.69) is 14.9 Å². The van der Waals surface area contributed by atoms with Gasteiger partial charge in [-0.3, -0.25) is 5.10 Å². The van der Waals surface area contributed by atoms with Gasteiger partial charge in [0.25, 0.3) is 0 Å². The molecule has 1 aliphatic rings. The molecule has 0 saturated heterocycles. The van der Waals surface area contributed by atoms with Gasteiger partial charge in [-0.2, -0.15) is 5.10 Å². The molecule has 3 aromatic carbocycles. The molecule has 0 spiro atoms. The zero-order valence-electron chi connectivity index (χ0n) is 18.6. The summed E-state index contributed by atoms with van der Waals surface area (Å²) in [6, 6.07) is 14.3. The number of aromatic nitrogens is 2. The van der Waals surface area contributed by atoms with Crippen LogP contribution in [-0.2, 0) is 10.0 Å². The van der Waals surface area contributed by atoms with Crippen molar-refractivity contribution in [2.45, 2.75) is 37.2 Å². The molecule has 182 valence electrons. The predicted octanol–water partition coefficient (Wildman–Crippen LogP) is 5.75. The fourth-order valence-corrected chi connectivity index (χ4v) is 5.78. The third kappa shape index (κ3) is 5.03. The van der Waals surface area contributed by atoms with Gasteiger partial charge in [-0.15, -0.1) is 0 Å². The first kappa shape index (κ1) is 23.7. The van der Waals surface area contributed by atoms with E-state index in [1.165, 1.54) is 24.3 Å². The summed E-state index contributed by atoms with van der Waals surface area (Å²) in [6.07, 6.45) is 0.457. The van der Waals surface area contributed by atoms with Crippen LogP contribution in [0.15, 0.2) is 60.7 Å². The standard InChI is InChI=1S/C25H22ClF2N3O3S/c1-14(31-35(32,33)19-10-11-19)25(16-4-8-18(28)9-5-16)34-23-12-20-22(13-21(23)26)29-30-24(20)15-2-6-17(27)7-3-15/h2-9,12-14,19,25,31H,10-11H2,1H3,(H,29,30)/t14-,25-/m0/s1. The highest BCUT2D eigenvalue weighted by atomic mass is 35.5. The van der Waals surface area contributed by atoms with E-state index in [-0.39, 0.29) is 10.8 Å². The number of H-pyrrole nitrogens is 1. The van der Waals surface area contributed by atoms with Gasteiger partial charge in [0.1, 0.15) is 29.2 Å². The molecule has 4 aromatic rings. The Morgan fingerprint density at radius 3 is 2.31 bits per heavy atom. The topological polar surface area (TPSA) is 84.1 Å². The highest BCUT2D eigenvalue weighted by Crippen LogP contribution is 2.37. The van der Waals surface area contributed by atoms with Gasteiger partial charge >= 0.3 is 0 Å². The Hall–Kier alpha value is -3.01. The van der Waals surface area contributed by atoms with Crippen LogP contribution in [0.25, 0.3) is 22.2 Å². The Morgan fingerprint density at radius 2 is 1.69 bits per heavy atom. The smallest absolute Gasteiger partial charge is 0.214 e. The van der Waals surface area contributed by atoms with Crippen LogP contribution in [0.2, 0.25) is 5.02 Å². The van der Waals surface area contributed by atoms with Crippen molar-refractivity contribution in [1.29, 1.82) is 0 Å². The van der Waals surface area contributed by atoms with E-state index in [4.69, 9.17) is 16.3 Å². The molecule has 6 nitrogen and oxygen atoms in total. The highest BCUT2D eigenvalue weighted by molar-refractivity contribution is 7.90. The number of benzene rings is 3. The van der Waals surface area contributed by atoms with Crippen molar-refractivity contribution < 1.29 is 21.9 Å². The summed E-state index contributed by atoms with van der Waals surface area (Å²) in [4.78, 5) is 0. The van der Waals surface area contributed by atoms with Gasteiger partial charge in [0.15, 0.2) is 0 Å². The van der Waals surface area contributed by atoms with E-state index in [0.717, 1.165) is 0 Å². The molecule has 0 amide bonds. The number of hydrogen-bond acceptors (Lipinski definition) is 4. The van der Waals surface area contributed by atoms with Gasteiger partial charge in [-0.1, -0.05) is 23.7 Å². The zero-order chi connectivity index (χ0) is 24.7. The SMILES string of the molecule is C[C@H](NS(=O)(=O)C1CC1)[C@H](Oc1cc2c(-c3ccc(F)cc3)n[nH]c2cc1Cl)c1ccc(F)cc1. The van der Waals surface area contributed by atoms with E-state index in [0.29, 0.717) is 46.3 Å². The summed E-state index contributed by atoms with van der Waals surface area (Å²) >= 11 is 6.51. The average molecular weight is 518 g/mol. The maximum absolute atomic E-state index is 13.6. The number of sulfonamides is 1. The lowest BCUT2D eigenvalue weighted by Gasteiger charge is -2.27. The number of nitrogens with zero attached hydrogens (tertiary/aromatic N) is 1. The second-order valence-electron chi connectivity index (χ2n) is 8.65. The van der Waals surface area contributed by atoms with Gasteiger partial charge in [0.05, 0.1) is 21.8 Å². The number of hydrogen-bond donors (Lipinski definition) is 2. The Kier molecular flexibility index (Phi) is 6.25. The quantitative estimate of drug-likeness (QED) is 0.311. The fraction of sp³-hybridized carbons (Fsp3) is 0.240. The van der Waals surface area contributed by atoms with Crippen LogP contribution in [0.5, 0.6) is 5.75 Å². The minimum atomic E-state index is -3.50. The summed E-state index contributed by atoms with van der Waals surface area (Å²) in [5.41, 5.74) is 2.52. The first-order valence-corrected chi connectivity index (χ1v) is 13.0. The highest BCUT2D eigenvalue weighted by Gasteiger charge is 2.38. The summed E-state index contributed by atoms with van der Waals surface area (Å²) in [5.74, 6) is -0.471. The van der Waals surface area contributed by atoms with E-state index in [1.54, 1.807) is 43.3 Å². The molecule has 0 aliphatic heterocycles. The second-order valence-corrected chi connectivity index (χ2v) is 11.0. The molecule has 0 radical (unpaired) electrons. The number of halogens is 3. The average Bonchev–Trinajstić information content (AvgIpc) is 3.61. The molecule has 35 heavy (non-hydrogen) atoms. The second kappa shape index (κ2) is 9.22. The predicted molar refractivity (Wildman–Crippen MR) is 131 cm³/mol. The Morgan fingerprint density at radius 1 is 1.06 bits per heavy atom. The van der Waals surface area contributed by atoms with Crippen LogP contribution in [0.3, 0.4) is 0 Å². The lowest BCUT2D eigenvalue weighted by atomic mass is 10.0. The van der Waals surface area contributed by atoms with Crippen molar-refractivity contribution in [3.05, 3.63) is 82.9 Å². The maximum Gasteiger partial charge on any atom is 0.214 e. The van der Waals surface area contributed by atoms with Crippen LogP contribution in [0, 0.1) is 11.6 Å². The summed E-state index contributed by atoms with van der Waals surface area (Å²) in [7, 11) is -3.50. The molecule has 1 saturated carbocycles. The molecule has 1 fully saturated rings.